The molecule has 3 saturated heterocycles. The van der Waals surface area contributed by atoms with E-state index < -0.39 is 0 Å². The van der Waals surface area contributed by atoms with Crippen LogP contribution in [0.5, 0.6) is 0 Å². The van der Waals surface area contributed by atoms with Crippen LogP contribution in [0.4, 0.5) is 0 Å². The van der Waals surface area contributed by atoms with Gasteiger partial charge in [-0.05, 0) is 56.4 Å². The molecule has 0 radical (unpaired) electrons. The number of nitrogens with zero attached hydrogens (tertiary/aromatic N) is 4. The molecular formula is C22H32N4O. The molecule has 0 aliphatic carbocycles. The average Bonchev–Trinajstić information content (AvgIpc) is 2.81. The Balaban J connectivity index is 1.47. The zero-order valence-electron chi connectivity index (χ0n) is 16.9. The van der Waals surface area contributed by atoms with Crippen molar-refractivity contribution in [2.75, 3.05) is 39.9 Å². The van der Waals surface area contributed by atoms with Crippen molar-refractivity contribution in [1.29, 1.82) is 0 Å². The smallest absolute Gasteiger partial charge is 0.0651 e. The van der Waals surface area contributed by atoms with Gasteiger partial charge in [-0.25, -0.2) is 4.68 Å². The molecule has 2 atom stereocenters. The highest BCUT2D eigenvalue weighted by atomic mass is 16.5. The fourth-order valence-corrected chi connectivity index (χ4v) is 4.82. The quantitative estimate of drug-likeness (QED) is 0.785. The Morgan fingerprint density at radius 1 is 1.11 bits per heavy atom. The molecule has 4 heterocycles. The Morgan fingerprint density at radius 3 is 2.78 bits per heavy atom. The van der Waals surface area contributed by atoms with E-state index in [1.807, 2.05) is 0 Å². The fraction of sp³-hybridized carbons (Fsp3) is 0.591. The number of methoxy groups -OCH3 is 1. The number of aromatic nitrogens is 2. The Kier molecular flexibility index (Phi) is 5.62. The predicted octanol–water partition coefficient (Wildman–Crippen LogP) is 3.03. The van der Waals surface area contributed by atoms with Gasteiger partial charge in [0.25, 0.3) is 0 Å². The summed E-state index contributed by atoms with van der Waals surface area (Å²) >= 11 is 0. The third kappa shape index (κ3) is 4.26. The van der Waals surface area contributed by atoms with Crippen LogP contribution in [0.2, 0.25) is 0 Å². The topological polar surface area (TPSA) is 33.5 Å². The molecule has 0 spiro atoms. The minimum atomic E-state index is 0.679. The van der Waals surface area contributed by atoms with E-state index in [9.17, 15) is 0 Å². The van der Waals surface area contributed by atoms with Gasteiger partial charge in [0.05, 0.1) is 18.0 Å². The Labute approximate surface area is 162 Å². The van der Waals surface area contributed by atoms with E-state index in [0.717, 1.165) is 37.0 Å². The first kappa shape index (κ1) is 18.7. The number of hydrogen-bond acceptors (Lipinski definition) is 4. The highest BCUT2D eigenvalue weighted by molar-refractivity contribution is 5.37. The summed E-state index contributed by atoms with van der Waals surface area (Å²) in [5.41, 5.74) is 4.80. The second kappa shape index (κ2) is 8.13. The number of ether oxygens (including phenoxy) is 1. The number of rotatable bonds is 6. The molecule has 27 heavy (non-hydrogen) atoms. The van der Waals surface area contributed by atoms with Crippen LogP contribution in [0.1, 0.15) is 29.8 Å². The average molecular weight is 369 g/mol. The van der Waals surface area contributed by atoms with Crippen LogP contribution in [0.15, 0.2) is 30.3 Å². The SMILES string of the molecule is COCCN1C[C@H]2CC[C@@H]1CN(Cc1cccc(-n3nc(C)cc3C)c1)C2. The first-order chi connectivity index (χ1) is 13.1. The van der Waals surface area contributed by atoms with E-state index in [2.05, 4.69) is 63.8 Å². The molecule has 0 amide bonds. The standard InChI is InChI=1S/C22H32N4O/c1-17-11-18(2)26(23-17)21-6-4-5-19(12-21)13-24-14-20-7-8-22(16-24)25(15-20)9-10-27-3/h4-6,11-12,20,22H,7-10,13-16H2,1-3H3/t20-,22+/m0/s1. The lowest BCUT2D eigenvalue weighted by Crippen LogP contribution is -2.45. The minimum absolute atomic E-state index is 0.679. The van der Waals surface area contributed by atoms with Gasteiger partial charge < -0.3 is 4.74 Å². The lowest BCUT2D eigenvalue weighted by atomic mass is 9.95. The highest BCUT2D eigenvalue weighted by Gasteiger charge is 2.34. The normalized spacial score (nSPS) is 23.7. The van der Waals surface area contributed by atoms with Gasteiger partial charge in [-0.3, -0.25) is 9.80 Å². The summed E-state index contributed by atoms with van der Waals surface area (Å²) in [5.74, 6) is 0.791. The van der Waals surface area contributed by atoms with Gasteiger partial charge in [0.2, 0.25) is 0 Å². The monoisotopic (exact) mass is 368 g/mol. The molecule has 3 fully saturated rings. The van der Waals surface area contributed by atoms with Gasteiger partial charge >= 0.3 is 0 Å². The van der Waals surface area contributed by atoms with Gasteiger partial charge in [-0.2, -0.15) is 5.10 Å². The lowest BCUT2D eigenvalue weighted by molar-refractivity contribution is 0.0867. The van der Waals surface area contributed by atoms with Crippen molar-refractivity contribution in [2.24, 2.45) is 5.92 Å². The van der Waals surface area contributed by atoms with E-state index in [1.165, 1.54) is 43.7 Å². The molecule has 1 aromatic carbocycles. The van der Waals surface area contributed by atoms with Crippen LogP contribution < -0.4 is 0 Å². The van der Waals surface area contributed by atoms with Crippen LogP contribution in [0, 0.1) is 19.8 Å². The maximum Gasteiger partial charge on any atom is 0.0651 e. The van der Waals surface area contributed by atoms with Crippen molar-refractivity contribution in [3.05, 3.63) is 47.3 Å². The molecule has 5 nitrogen and oxygen atoms in total. The summed E-state index contributed by atoms with van der Waals surface area (Å²) < 4.78 is 7.37. The molecule has 1 aromatic heterocycles. The van der Waals surface area contributed by atoms with E-state index in [-0.39, 0.29) is 0 Å². The molecule has 146 valence electrons. The summed E-state index contributed by atoms with van der Waals surface area (Å²) in [6.45, 7) is 10.7. The largest absolute Gasteiger partial charge is 0.383 e. The molecule has 5 rings (SSSR count). The number of benzene rings is 1. The molecule has 0 unspecified atom stereocenters. The van der Waals surface area contributed by atoms with Crippen LogP contribution in [-0.2, 0) is 11.3 Å². The summed E-state index contributed by atoms with van der Waals surface area (Å²) in [6, 6.07) is 11.7. The van der Waals surface area contributed by atoms with Gasteiger partial charge in [-0.15, -0.1) is 0 Å². The van der Waals surface area contributed by atoms with Crippen molar-refractivity contribution in [3.8, 4) is 5.69 Å². The van der Waals surface area contributed by atoms with Gasteiger partial charge in [-0.1, -0.05) is 12.1 Å². The predicted molar refractivity (Wildman–Crippen MR) is 108 cm³/mol. The second-order valence-electron chi connectivity index (χ2n) is 8.29. The summed E-state index contributed by atoms with van der Waals surface area (Å²) in [6.07, 6.45) is 2.70. The molecule has 0 N–H and O–H groups in total. The molecular weight excluding hydrogens is 336 g/mol. The van der Waals surface area contributed by atoms with Gasteiger partial charge in [0.15, 0.2) is 0 Å². The third-order valence-electron chi connectivity index (χ3n) is 6.06. The number of piperidine rings is 1. The van der Waals surface area contributed by atoms with Crippen molar-refractivity contribution >= 4 is 0 Å². The Hall–Kier alpha value is -1.69. The van der Waals surface area contributed by atoms with Gasteiger partial charge in [0.1, 0.15) is 0 Å². The molecule has 2 bridgehead atoms. The maximum atomic E-state index is 5.32. The first-order valence-corrected chi connectivity index (χ1v) is 10.2. The zero-order chi connectivity index (χ0) is 18.8. The van der Waals surface area contributed by atoms with E-state index in [4.69, 9.17) is 4.74 Å². The fourth-order valence-electron chi connectivity index (χ4n) is 4.82. The Bertz CT molecular complexity index is 771. The Morgan fingerprint density at radius 2 is 2.00 bits per heavy atom. The number of hydrogen-bond donors (Lipinski definition) is 0. The third-order valence-corrected chi connectivity index (χ3v) is 6.06. The van der Waals surface area contributed by atoms with Crippen molar-refractivity contribution < 1.29 is 4.74 Å². The van der Waals surface area contributed by atoms with E-state index >= 15 is 0 Å². The molecule has 3 aliphatic heterocycles. The van der Waals surface area contributed by atoms with Crippen LogP contribution in [0.25, 0.3) is 5.69 Å². The lowest BCUT2D eigenvalue weighted by Gasteiger charge is -2.35. The van der Waals surface area contributed by atoms with Crippen molar-refractivity contribution in [3.63, 3.8) is 0 Å². The number of aryl methyl sites for hydroxylation is 2. The van der Waals surface area contributed by atoms with Crippen LogP contribution >= 0.6 is 0 Å². The van der Waals surface area contributed by atoms with Gasteiger partial charge in [0, 0.05) is 51.6 Å². The molecule has 2 aromatic rings. The van der Waals surface area contributed by atoms with Crippen LogP contribution in [0.3, 0.4) is 0 Å². The van der Waals surface area contributed by atoms with E-state index in [1.54, 1.807) is 7.11 Å². The molecule has 3 aliphatic rings. The molecule has 0 saturated carbocycles. The first-order valence-electron chi connectivity index (χ1n) is 10.2. The van der Waals surface area contributed by atoms with E-state index in [0.29, 0.717) is 6.04 Å². The second-order valence-corrected chi connectivity index (χ2v) is 8.29. The highest BCUT2D eigenvalue weighted by Crippen LogP contribution is 2.28. The summed E-state index contributed by atoms with van der Waals surface area (Å²) in [5, 5.41) is 4.64. The molecule has 5 heteroatoms. The maximum absolute atomic E-state index is 5.32. The summed E-state index contributed by atoms with van der Waals surface area (Å²) in [7, 11) is 1.80. The zero-order valence-corrected chi connectivity index (χ0v) is 16.9. The van der Waals surface area contributed by atoms with Crippen LogP contribution in [-0.4, -0.2) is 65.5 Å². The summed E-state index contributed by atoms with van der Waals surface area (Å²) in [4.78, 5) is 5.32. The van der Waals surface area contributed by atoms with Crippen molar-refractivity contribution in [2.45, 2.75) is 39.3 Å². The number of fused-ring (bicyclic) bond motifs is 4. The minimum Gasteiger partial charge on any atom is -0.383 e. The van der Waals surface area contributed by atoms with Crippen molar-refractivity contribution in [1.82, 2.24) is 19.6 Å².